The molecule has 0 N–H and O–H groups in total. The summed E-state index contributed by atoms with van der Waals surface area (Å²) in [5.41, 5.74) is 2.28. The molecule has 28 heavy (non-hydrogen) atoms. The minimum atomic E-state index is -0.158. The monoisotopic (exact) mass is 444 g/mol. The first-order valence-corrected chi connectivity index (χ1v) is 10.1. The molecule has 1 aromatic carbocycles. The lowest BCUT2D eigenvalue weighted by Gasteiger charge is -2.29. The van der Waals surface area contributed by atoms with E-state index in [0.29, 0.717) is 17.3 Å². The van der Waals surface area contributed by atoms with Gasteiger partial charge in [-0.25, -0.2) is 15.0 Å². The zero-order chi connectivity index (χ0) is 19.7. The number of halogens is 1. The molecule has 0 saturated heterocycles. The molecule has 0 bridgehead atoms. The maximum atomic E-state index is 12.0. The average molecular weight is 445 g/mol. The van der Waals surface area contributed by atoms with Gasteiger partial charge in [-0.15, -0.1) is 0 Å². The molecule has 146 valence electrons. The van der Waals surface area contributed by atoms with Crippen molar-refractivity contribution in [3.63, 3.8) is 0 Å². The Balaban J connectivity index is 1.46. The van der Waals surface area contributed by atoms with Crippen molar-refractivity contribution in [2.45, 2.75) is 44.8 Å². The summed E-state index contributed by atoms with van der Waals surface area (Å²) >= 11 is 3.50. The Morgan fingerprint density at radius 2 is 1.64 bits per heavy atom. The number of fused-ring (bicyclic) bond motifs is 1. The van der Waals surface area contributed by atoms with Gasteiger partial charge in [0.05, 0.1) is 17.8 Å². The fourth-order valence-corrected chi connectivity index (χ4v) is 3.87. The number of hydrogen-bond acceptors (Lipinski definition) is 6. The third-order valence-electron chi connectivity index (χ3n) is 4.94. The number of benzene rings is 1. The molecule has 0 atom stereocenters. The summed E-state index contributed by atoms with van der Waals surface area (Å²) in [5, 5.41) is 0. The standard InChI is InChI=1S/C20H21BrN4O3/c1-12-9-23-20(24-10-12)28-15-5-3-14(4-6-15)27-17-8-13(21)7-16-19(17)25(2)18(26)11-22-16/h7-11,14-15H,3-6H2,1-2H3. The maximum absolute atomic E-state index is 12.0. The summed E-state index contributed by atoms with van der Waals surface area (Å²) in [6.07, 6.45) is 8.45. The van der Waals surface area contributed by atoms with Crippen LogP contribution in [0.3, 0.4) is 0 Å². The first-order valence-electron chi connectivity index (χ1n) is 9.27. The van der Waals surface area contributed by atoms with Gasteiger partial charge in [-0.05, 0) is 50.3 Å². The van der Waals surface area contributed by atoms with Gasteiger partial charge in [0.15, 0.2) is 0 Å². The highest BCUT2D eigenvalue weighted by Crippen LogP contribution is 2.32. The van der Waals surface area contributed by atoms with Crippen LogP contribution in [0.4, 0.5) is 0 Å². The van der Waals surface area contributed by atoms with Gasteiger partial charge in [-0.3, -0.25) is 4.79 Å². The molecule has 1 aliphatic rings. The number of nitrogens with zero attached hydrogens (tertiary/aromatic N) is 4. The smallest absolute Gasteiger partial charge is 0.316 e. The summed E-state index contributed by atoms with van der Waals surface area (Å²) in [6.45, 7) is 1.95. The highest BCUT2D eigenvalue weighted by atomic mass is 79.9. The topological polar surface area (TPSA) is 79.1 Å². The third-order valence-corrected chi connectivity index (χ3v) is 5.40. The molecule has 2 aromatic heterocycles. The van der Waals surface area contributed by atoms with Crippen molar-refractivity contribution >= 4 is 27.0 Å². The van der Waals surface area contributed by atoms with E-state index in [1.54, 1.807) is 24.0 Å². The van der Waals surface area contributed by atoms with Crippen molar-refractivity contribution < 1.29 is 9.47 Å². The van der Waals surface area contributed by atoms with E-state index in [1.165, 1.54) is 6.20 Å². The van der Waals surface area contributed by atoms with Crippen LogP contribution in [0, 0.1) is 6.92 Å². The zero-order valence-electron chi connectivity index (χ0n) is 15.8. The van der Waals surface area contributed by atoms with Crippen molar-refractivity contribution in [2.75, 3.05) is 0 Å². The Labute approximate surface area is 170 Å². The SMILES string of the molecule is Cc1cnc(OC2CCC(Oc3cc(Br)cc4ncc(=O)n(C)c34)CC2)nc1. The second-order valence-electron chi connectivity index (χ2n) is 7.10. The molecule has 0 aliphatic heterocycles. The van der Waals surface area contributed by atoms with E-state index < -0.39 is 0 Å². The zero-order valence-corrected chi connectivity index (χ0v) is 17.3. The molecular formula is C20H21BrN4O3. The molecule has 0 amide bonds. The predicted molar refractivity (Wildman–Crippen MR) is 109 cm³/mol. The molecule has 1 saturated carbocycles. The molecule has 1 fully saturated rings. The summed E-state index contributed by atoms with van der Waals surface area (Å²) < 4.78 is 14.6. The largest absolute Gasteiger partial charge is 0.488 e. The van der Waals surface area contributed by atoms with E-state index in [9.17, 15) is 4.79 Å². The van der Waals surface area contributed by atoms with E-state index in [0.717, 1.165) is 41.2 Å². The fraction of sp³-hybridized carbons (Fsp3) is 0.400. The van der Waals surface area contributed by atoms with Gasteiger partial charge in [-0.1, -0.05) is 15.9 Å². The Morgan fingerprint density at radius 1 is 1.00 bits per heavy atom. The summed E-state index contributed by atoms with van der Waals surface area (Å²) in [6, 6.07) is 4.20. The molecule has 0 radical (unpaired) electrons. The van der Waals surface area contributed by atoms with Gasteiger partial charge in [0.1, 0.15) is 17.4 Å². The van der Waals surface area contributed by atoms with Gasteiger partial charge in [0, 0.05) is 23.9 Å². The minimum absolute atomic E-state index is 0.0617. The molecule has 3 aromatic rings. The lowest BCUT2D eigenvalue weighted by Crippen LogP contribution is -2.30. The van der Waals surface area contributed by atoms with E-state index in [-0.39, 0.29) is 17.8 Å². The second-order valence-corrected chi connectivity index (χ2v) is 8.02. The van der Waals surface area contributed by atoms with Crippen molar-refractivity contribution in [1.82, 2.24) is 19.5 Å². The Kier molecular flexibility index (Phi) is 5.30. The van der Waals surface area contributed by atoms with Crippen molar-refractivity contribution in [3.05, 3.63) is 51.1 Å². The Hall–Kier alpha value is -2.48. The Bertz CT molecular complexity index is 1040. The van der Waals surface area contributed by atoms with Crippen LogP contribution in [0.15, 0.2) is 40.0 Å². The van der Waals surface area contributed by atoms with Crippen LogP contribution in [0.1, 0.15) is 31.2 Å². The fourth-order valence-electron chi connectivity index (χ4n) is 3.45. The maximum Gasteiger partial charge on any atom is 0.316 e. The molecule has 1 aliphatic carbocycles. The summed E-state index contributed by atoms with van der Waals surface area (Å²) in [5.74, 6) is 0.670. The van der Waals surface area contributed by atoms with Crippen molar-refractivity contribution in [3.8, 4) is 11.8 Å². The van der Waals surface area contributed by atoms with Crippen LogP contribution >= 0.6 is 15.9 Å². The summed E-state index contributed by atoms with van der Waals surface area (Å²) in [7, 11) is 1.74. The lowest BCUT2D eigenvalue weighted by atomic mass is 9.95. The number of rotatable bonds is 4. The van der Waals surface area contributed by atoms with Crippen molar-refractivity contribution in [1.29, 1.82) is 0 Å². The minimum Gasteiger partial charge on any atom is -0.488 e. The average Bonchev–Trinajstić information content (AvgIpc) is 2.68. The van der Waals surface area contributed by atoms with Crippen LogP contribution in [0.25, 0.3) is 11.0 Å². The van der Waals surface area contributed by atoms with Gasteiger partial charge >= 0.3 is 6.01 Å². The van der Waals surface area contributed by atoms with Gasteiger partial charge in [0.2, 0.25) is 0 Å². The Morgan fingerprint density at radius 3 is 2.32 bits per heavy atom. The van der Waals surface area contributed by atoms with Crippen molar-refractivity contribution in [2.24, 2.45) is 7.05 Å². The number of aryl methyl sites for hydroxylation is 2. The normalized spacial score (nSPS) is 19.5. The van der Waals surface area contributed by atoms with Crippen LogP contribution in [0.2, 0.25) is 0 Å². The molecule has 0 spiro atoms. The van der Waals surface area contributed by atoms with E-state index >= 15 is 0 Å². The number of aromatic nitrogens is 4. The third kappa shape index (κ3) is 4.01. The lowest BCUT2D eigenvalue weighted by molar-refractivity contribution is 0.0755. The predicted octanol–water partition coefficient (Wildman–Crippen LogP) is 3.56. The van der Waals surface area contributed by atoms with Gasteiger partial charge < -0.3 is 14.0 Å². The molecule has 7 nitrogen and oxygen atoms in total. The van der Waals surface area contributed by atoms with Crippen LogP contribution < -0.4 is 15.0 Å². The summed E-state index contributed by atoms with van der Waals surface area (Å²) in [4.78, 5) is 24.7. The number of hydrogen-bond donors (Lipinski definition) is 0. The van der Waals surface area contributed by atoms with E-state index in [1.807, 2.05) is 19.1 Å². The van der Waals surface area contributed by atoms with Gasteiger partial charge in [0.25, 0.3) is 5.56 Å². The van der Waals surface area contributed by atoms with Gasteiger partial charge in [-0.2, -0.15) is 0 Å². The number of ether oxygens (including phenoxy) is 2. The molecule has 8 heteroatoms. The molecule has 2 heterocycles. The van der Waals surface area contributed by atoms with Crippen LogP contribution in [0.5, 0.6) is 11.8 Å². The van der Waals surface area contributed by atoms with E-state index in [2.05, 4.69) is 30.9 Å². The second kappa shape index (κ2) is 7.87. The first-order chi connectivity index (χ1) is 13.5. The van der Waals surface area contributed by atoms with Crippen LogP contribution in [-0.4, -0.2) is 31.7 Å². The molecular weight excluding hydrogens is 424 g/mol. The van der Waals surface area contributed by atoms with Crippen LogP contribution in [-0.2, 0) is 7.05 Å². The molecule has 4 rings (SSSR count). The van der Waals surface area contributed by atoms with E-state index in [4.69, 9.17) is 9.47 Å². The highest BCUT2D eigenvalue weighted by Gasteiger charge is 2.25. The highest BCUT2D eigenvalue weighted by molar-refractivity contribution is 9.10. The first kappa shape index (κ1) is 18.9. The quantitative estimate of drug-likeness (QED) is 0.611. The molecule has 0 unspecified atom stereocenters.